The van der Waals surface area contributed by atoms with Gasteiger partial charge in [-0.05, 0) is 12.2 Å². The number of carbonyl (C=O) groups is 1. The van der Waals surface area contributed by atoms with Crippen LogP contribution >= 0.6 is 47.0 Å². The molecule has 13 heavy (non-hydrogen) atoms. The molecule has 0 N–H and O–H groups in total. The molecular formula is C5H4Cl3N3OS. The molecule has 72 valence electrons. The maximum atomic E-state index is 11.3. The highest BCUT2D eigenvalue weighted by molar-refractivity contribution is 7.71. The third-order valence-electron chi connectivity index (χ3n) is 1.26. The fraction of sp³-hybridized carbons (Fsp3) is 0.400. The van der Waals surface area contributed by atoms with Crippen molar-refractivity contribution in [3.05, 3.63) is 11.1 Å². The van der Waals surface area contributed by atoms with Crippen LogP contribution in [0.25, 0.3) is 0 Å². The maximum absolute atomic E-state index is 11.3. The molecule has 0 aliphatic carbocycles. The second-order valence-corrected chi connectivity index (χ2v) is 4.89. The molecule has 1 aromatic heterocycles. The monoisotopic (exact) mass is 259 g/mol. The van der Waals surface area contributed by atoms with Crippen LogP contribution in [0, 0.1) is 4.77 Å². The minimum atomic E-state index is -2.04. The Morgan fingerprint density at radius 1 is 1.62 bits per heavy atom. The Morgan fingerprint density at radius 3 is 2.46 bits per heavy atom. The summed E-state index contributed by atoms with van der Waals surface area (Å²) in [7, 11) is 1.64. The van der Waals surface area contributed by atoms with Crippen LogP contribution in [0.5, 0.6) is 0 Å². The summed E-state index contributed by atoms with van der Waals surface area (Å²) in [5.41, 5.74) is 0. The zero-order valence-electron chi connectivity index (χ0n) is 6.37. The Balaban J connectivity index is 3.18. The van der Waals surface area contributed by atoms with Crippen LogP contribution in [-0.2, 0) is 7.05 Å². The van der Waals surface area contributed by atoms with Gasteiger partial charge in [-0.15, -0.1) is 0 Å². The quantitative estimate of drug-likeness (QED) is 0.529. The standard InChI is InChI=1S/C5H4Cl3N3OS/c1-10-2-9-11(4(10)13)3(12)5(6,7)8/h2H,1H3. The van der Waals surface area contributed by atoms with Crippen LogP contribution in [0.1, 0.15) is 4.79 Å². The lowest BCUT2D eigenvalue weighted by atomic mass is 10.7. The molecule has 0 saturated heterocycles. The third-order valence-corrected chi connectivity index (χ3v) is 2.20. The first kappa shape index (κ1) is 11.0. The molecular weight excluding hydrogens is 257 g/mol. The molecule has 0 spiro atoms. The van der Waals surface area contributed by atoms with Crippen LogP contribution in [0.3, 0.4) is 0 Å². The Hall–Kier alpha value is -0.100. The molecule has 0 atom stereocenters. The molecule has 0 aliphatic rings. The normalized spacial score (nSPS) is 11.7. The number of carbonyl (C=O) groups excluding carboxylic acids is 1. The third kappa shape index (κ3) is 2.22. The molecule has 0 unspecified atom stereocenters. The van der Waals surface area contributed by atoms with Gasteiger partial charge in [0.05, 0.1) is 0 Å². The molecule has 1 heterocycles. The van der Waals surface area contributed by atoms with E-state index in [-0.39, 0.29) is 4.77 Å². The fourth-order valence-electron chi connectivity index (χ4n) is 0.637. The van der Waals surface area contributed by atoms with Crippen molar-refractivity contribution in [2.45, 2.75) is 3.79 Å². The van der Waals surface area contributed by atoms with Gasteiger partial charge in [0.15, 0.2) is 0 Å². The van der Waals surface area contributed by atoms with Gasteiger partial charge in [0.1, 0.15) is 6.33 Å². The number of rotatable bonds is 0. The number of hydrogen-bond acceptors (Lipinski definition) is 3. The maximum Gasteiger partial charge on any atom is 0.301 e. The highest BCUT2D eigenvalue weighted by atomic mass is 35.6. The van der Waals surface area contributed by atoms with Gasteiger partial charge in [-0.3, -0.25) is 4.79 Å². The lowest BCUT2D eigenvalue weighted by Crippen LogP contribution is -2.27. The molecule has 0 aromatic carbocycles. The van der Waals surface area contributed by atoms with Crippen LogP contribution in [0.2, 0.25) is 0 Å². The summed E-state index contributed by atoms with van der Waals surface area (Å²) >= 11 is 20.9. The van der Waals surface area contributed by atoms with Crippen molar-refractivity contribution in [1.82, 2.24) is 14.3 Å². The van der Waals surface area contributed by atoms with Gasteiger partial charge >= 0.3 is 5.91 Å². The molecule has 0 bridgehead atoms. The van der Waals surface area contributed by atoms with Gasteiger partial charge in [0, 0.05) is 7.05 Å². The van der Waals surface area contributed by atoms with Gasteiger partial charge in [0.2, 0.25) is 4.77 Å². The Kier molecular flexibility index (Phi) is 3.01. The van der Waals surface area contributed by atoms with Crippen LogP contribution in [0.15, 0.2) is 6.33 Å². The first-order valence-electron chi connectivity index (χ1n) is 3.06. The first-order chi connectivity index (χ1) is 5.84. The summed E-state index contributed by atoms with van der Waals surface area (Å²) in [5.74, 6) is -0.789. The number of hydrogen-bond donors (Lipinski definition) is 0. The molecule has 4 nitrogen and oxygen atoms in total. The smallest absolute Gasteiger partial charge is 0.301 e. The van der Waals surface area contributed by atoms with Crippen molar-refractivity contribution in [3.63, 3.8) is 0 Å². The molecule has 1 aromatic rings. The molecule has 8 heteroatoms. The topological polar surface area (TPSA) is 39.8 Å². The van der Waals surface area contributed by atoms with Gasteiger partial charge in [-0.1, -0.05) is 34.8 Å². The van der Waals surface area contributed by atoms with Gasteiger partial charge in [-0.25, -0.2) is 0 Å². The first-order valence-corrected chi connectivity index (χ1v) is 4.60. The highest BCUT2D eigenvalue weighted by Crippen LogP contribution is 2.27. The van der Waals surface area contributed by atoms with E-state index in [0.717, 1.165) is 4.68 Å². The fourth-order valence-corrected chi connectivity index (χ4v) is 1.05. The molecule has 0 aliphatic heterocycles. The number of aromatic nitrogens is 3. The zero-order valence-corrected chi connectivity index (χ0v) is 9.45. The van der Waals surface area contributed by atoms with E-state index in [1.807, 2.05) is 0 Å². The minimum absolute atomic E-state index is 0.177. The Bertz CT molecular complexity index is 390. The molecule has 0 fully saturated rings. The summed E-state index contributed by atoms with van der Waals surface area (Å²) in [6.45, 7) is 0. The van der Waals surface area contributed by atoms with Crippen LogP contribution in [0.4, 0.5) is 0 Å². The van der Waals surface area contributed by atoms with E-state index >= 15 is 0 Å². The molecule has 0 radical (unpaired) electrons. The number of alkyl halides is 3. The van der Waals surface area contributed by atoms with E-state index in [1.165, 1.54) is 10.9 Å². The summed E-state index contributed by atoms with van der Waals surface area (Å²) < 4.78 is 0.467. The number of nitrogens with zero attached hydrogens (tertiary/aromatic N) is 3. The van der Waals surface area contributed by atoms with E-state index in [4.69, 9.17) is 47.0 Å². The van der Waals surface area contributed by atoms with Crippen molar-refractivity contribution in [2.75, 3.05) is 0 Å². The Labute approximate surface area is 94.0 Å². The summed E-state index contributed by atoms with van der Waals surface area (Å²) in [5, 5.41) is 3.65. The van der Waals surface area contributed by atoms with Gasteiger partial charge < -0.3 is 4.57 Å². The molecule has 0 amide bonds. The van der Waals surface area contributed by atoms with E-state index < -0.39 is 9.70 Å². The van der Waals surface area contributed by atoms with E-state index in [1.54, 1.807) is 7.05 Å². The SMILES string of the molecule is Cn1cnn(C(=O)C(Cl)(Cl)Cl)c1=S. The molecule has 0 saturated carbocycles. The second kappa shape index (κ2) is 3.57. The second-order valence-electron chi connectivity index (χ2n) is 2.24. The average molecular weight is 261 g/mol. The largest absolute Gasteiger partial charge is 0.309 e. The summed E-state index contributed by atoms with van der Waals surface area (Å²) in [6.07, 6.45) is 1.36. The summed E-state index contributed by atoms with van der Waals surface area (Å²) in [6, 6.07) is 0. The lowest BCUT2D eigenvalue weighted by Gasteiger charge is -2.07. The predicted octanol–water partition coefficient (Wildman–Crippen LogP) is 1.96. The van der Waals surface area contributed by atoms with Crippen LogP contribution < -0.4 is 0 Å². The average Bonchev–Trinajstić information content (AvgIpc) is 2.30. The highest BCUT2D eigenvalue weighted by Gasteiger charge is 2.33. The predicted molar refractivity (Wildman–Crippen MR) is 52.9 cm³/mol. The van der Waals surface area contributed by atoms with Crippen molar-refractivity contribution in [3.8, 4) is 0 Å². The lowest BCUT2D eigenvalue weighted by molar-refractivity contribution is 0.0899. The van der Waals surface area contributed by atoms with E-state index in [2.05, 4.69) is 5.10 Å². The zero-order chi connectivity index (χ0) is 10.2. The van der Waals surface area contributed by atoms with Gasteiger partial charge in [0.25, 0.3) is 3.79 Å². The van der Waals surface area contributed by atoms with E-state index in [0.29, 0.717) is 0 Å². The number of aryl methyl sites for hydroxylation is 1. The van der Waals surface area contributed by atoms with Gasteiger partial charge in [-0.2, -0.15) is 9.78 Å². The Morgan fingerprint density at radius 2 is 2.15 bits per heavy atom. The van der Waals surface area contributed by atoms with Crippen LogP contribution in [-0.4, -0.2) is 24.0 Å². The van der Waals surface area contributed by atoms with Crippen molar-refractivity contribution < 1.29 is 4.79 Å². The van der Waals surface area contributed by atoms with Crippen molar-refractivity contribution >= 4 is 52.9 Å². The molecule has 1 rings (SSSR count). The minimum Gasteiger partial charge on any atom is -0.309 e. The van der Waals surface area contributed by atoms with Crippen molar-refractivity contribution in [2.24, 2.45) is 7.05 Å². The number of halogens is 3. The summed E-state index contributed by atoms with van der Waals surface area (Å²) in [4.78, 5) is 11.3. The van der Waals surface area contributed by atoms with Crippen molar-refractivity contribution in [1.29, 1.82) is 0 Å². The van der Waals surface area contributed by atoms with E-state index in [9.17, 15) is 4.79 Å².